The summed E-state index contributed by atoms with van der Waals surface area (Å²) in [5.74, 6) is 1.70. The quantitative estimate of drug-likeness (QED) is 0.0218. The summed E-state index contributed by atoms with van der Waals surface area (Å²) in [6.07, 6.45) is 21.0. The van der Waals surface area contributed by atoms with Gasteiger partial charge in [-0.2, -0.15) is 0 Å². The molecule has 20 heteroatoms. The van der Waals surface area contributed by atoms with E-state index in [-0.39, 0.29) is 29.5 Å². The van der Waals surface area contributed by atoms with Gasteiger partial charge < -0.3 is 10.4 Å². The smallest absolute Gasteiger partial charge is 0.171 e. The van der Waals surface area contributed by atoms with Crippen LogP contribution in [0.4, 0.5) is 13.2 Å². The van der Waals surface area contributed by atoms with Crippen LogP contribution < -0.4 is 9.61 Å². The fraction of sp³-hybridized carbons (Fsp3) is 0.279. The maximum atomic E-state index is 13.2. The average molecular weight is 1060 g/mol. The maximum Gasteiger partial charge on any atom is 0.171 e. The second kappa shape index (κ2) is 32.5. The van der Waals surface area contributed by atoms with E-state index in [0.717, 1.165) is 6.21 Å². The fourth-order valence-corrected chi connectivity index (χ4v) is 21.5. The number of nitrogens with two attached hydrogens (primary N) is 1. The molecule has 0 spiro atoms. The molecule has 0 radical (unpaired) electrons. The van der Waals surface area contributed by atoms with Crippen LogP contribution in [0.2, 0.25) is 13.3 Å². The topological polar surface area (TPSA) is 216 Å². The minimum atomic E-state index is -2.21. The largest absolute Gasteiger partial charge is 0.411 e. The van der Waals surface area contributed by atoms with E-state index in [1.807, 2.05) is 6.20 Å². The van der Waals surface area contributed by atoms with Crippen molar-refractivity contribution in [3.63, 3.8) is 0 Å². The van der Waals surface area contributed by atoms with E-state index < -0.39 is 35.8 Å². The molecule has 336 valence electrons. The Morgan fingerprint density at radius 1 is 0.619 bits per heavy atom. The standard InChI is InChI=1S/C10H7FN4O.C10H6FN3O.C6H3BrFNO.C5H4N.3C4H9.ClH.H3NO.Sn/c11-7-1-2-8(15-9(7)6-14-16)10-5-12-3-4-13-10;11-7-1-2-8(14-10(7)6-15)9-5-12-3-4-13-9;7-6-2-1-4(8)5(3-10)9-6;1-2-4-6-5-3-1;3*1-3-4-2;;1-2;/h1-6,16H;1-6H;1-3H;1-4H;3*1,3-4H2,2H3;1H;2H,1H2;/b14-6+;;;;;;;;;. The van der Waals surface area contributed by atoms with E-state index in [1.54, 1.807) is 3.71 Å². The molecule has 0 aliphatic carbocycles. The third-order valence-corrected chi connectivity index (χ3v) is 24.5. The maximum absolute atomic E-state index is 13.2. The molecule has 4 N–H and O–H groups in total. The van der Waals surface area contributed by atoms with Gasteiger partial charge in [0.05, 0.1) is 30.0 Å². The van der Waals surface area contributed by atoms with Gasteiger partial charge in [0.2, 0.25) is 0 Å². The van der Waals surface area contributed by atoms with Crippen molar-refractivity contribution in [3.05, 3.63) is 137 Å². The Kier molecular flexibility index (Phi) is 28.8. The molecular weight excluding hydrogens is 1010 g/mol. The Morgan fingerprint density at radius 2 is 1.08 bits per heavy atom. The second-order valence-electron chi connectivity index (χ2n) is 13.1. The first-order valence-corrected chi connectivity index (χ1v) is 27.9. The number of hydrogen-bond donors (Lipinski definition) is 3. The van der Waals surface area contributed by atoms with Crippen LogP contribution in [-0.2, 0) is 0 Å². The molecule has 0 amide bonds. The number of rotatable bonds is 15. The molecule has 0 atom stereocenters. The van der Waals surface area contributed by atoms with Crippen molar-refractivity contribution in [3.8, 4) is 22.8 Å². The predicted octanol–water partition coefficient (Wildman–Crippen LogP) is 9.67. The molecular formula is C43H51BrClF3N10O4Sn. The van der Waals surface area contributed by atoms with Gasteiger partial charge in [-0.25, -0.2) is 34.0 Å². The number of hydrogen-bond acceptors (Lipinski definition) is 14. The van der Waals surface area contributed by atoms with Crippen molar-refractivity contribution in [2.24, 2.45) is 11.1 Å². The summed E-state index contributed by atoms with van der Waals surface area (Å²) in [7, 11) is 0. The number of aromatic nitrogens is 8. The Bertz CT molecular complexity index is 2210. The van der Waals surface area contributed by atoms with Gasteiger partial charge in [-0.1, -0.05) is 5.16 Å². The van der Waals surface area contributed by atoms with Crippen LogP contribution >= 0.6 is 28.3 Å². The molecule has 0 saturated carbocycles. The van der Waals surface area contributed by atoms with E-state index in [9.17, 15) is 22.8 Å². The van der Waals surface area contributed by atoms with Gasteiger partial charge in [-0.05, 0) is 52.3 Å². The molecule has 6 rings (SSSR count). The summed E-state index contributed by atoms with van der Waals surface area (Å²) in [6, 6.07) is 14.6. The average Bonchev–Trinajstić information content (AvgIpc) is 3.33. The van der Waals surface area contributed by atoms with Crippen LogP contribution in [0, 0.1) is 17.5 Å². The first-order valence-electron chi connectivity index (χ1n) is 19.6. The molecule has 14 nitrogen and oxygen atoms in total. The summed E-state index contributed by atoms with van der Waals surface area (Å²) in [4.78, 5) is 52.4. The predicted molar refractivity (Wildman–Crippen MR) is 244 cm³/mol. The zero-order chi connectivity index (χ0) is 45.6. The van der Waals surface area contributed by atoms with Crippen molar-refractivity contribution in [1.29, 1.82) is 0 Å². The third kappa shape index (κ3) is 19.4. The molecule has 0 unspecified atom stereocenters. The van der Waals surface area contributed by atoms with Gasteiger partial charge >= 0.3 is 124 Å². The molecule has 6 aromatic rings. The van der Waals surface area contributed by atoms with Gasteiger partial charge in [0.25, 0.3) is 0 Å². The number of carbonyl (C=O) groups excluding carboxylic acids is 2. The Balaban J connectivity index is 0.000000420. The van der Waals surface area contributed by atoms with Crippen LogP contribution in [0.25, 0.3) is 22.8 Å². The van der Waals surface area contributed by atoms with Crippen molar-refractivity contribution in [1.82, 2.24) is 39.9 Å². The number of unbranched alkanes of at least 4 members (excludes halogenated alkanes) is 3. The van der Waals surface area contributed by atoms with Gasteiger partial charge in [-0.15, -0.1) is 12.4 Å². The van der Waals surface area contributed by atoms with Crippen molar-refractivity contribution < 1.29 is 33.2 Å². The van der Waals surface area contributed by atoms with Crippen LogP contribution in [0.5, 0.6) is 0 Å². The molecule has 0 aliphatic rings. The van der Waals surface area contributed by atoms with Crippen molar-refractivity contribution >= 4 is 69.2 Å². The SMILES string of the molecule is CCC[CH2][Sn]([CH2]CCC)([CH2]CCC)[c]1ccccn1.Cl.NO.O/N=C/c1nc(-c2cnccn2)ccc1F.O=Cc1nc(-c2cnccn2)ccc1F.O=Cc1nc(Br)ccc1F. The number of nitrogens with zero attached hydrogens (tertiary/aromatic N) is 9. The normalized spacial score (nSPS) is 10.2. The first-order chi connectivity index (χ1) is 30.1. The molecule has 0 aromatic carbocycles. The number of oxime groups is 1. The molecule has 6 heterocycles. The zero-order valence-electron chi connectivity index (χ0n) is 35.1. The molecule has 0 aliphatic heterocycles. The second-order valence-corrected chi connectivity index (χ2v) is 27.0. The Hall–Kier alpha value is -5.15. The fourth-order valence-electron chi connectivity index (χ4n) is 5.79. The van der Waals surface area contributed by atoms with E-state index in [2.05, 4.69) is 101 Å². The summed E-state index contributed by atoms with van der Waals surface area (Å²) in [5.41, 5.74) is 1.46. The van der Waals surface area contributed by atoms with Gasteiger partial charge in [0.15, 0.2) is 30.0 Å². The van der Waals surface area contributed by atoms with Crippen molar-refractivity contribution in [2.45, 2.75) is 72.6 Å². The van der Waals surface area contributed by atoms with E-state index >= 15 is 0 Å². The van der Waals surface area contributed by atoms with Gasteiger partial charge in [-0.3, -0.25) is 29.5 Å². The summed E-state index contributed by atoms with van der Waals surface area (Å²) in [6.45, 7) is 6.98. The summed E-state index contributed by atoms with van der Waals surface area (Å²) < 4.78 is 45.1. The van der Waals surface area contributed by atoms with Crippen molar-refractivity contribution in [2.75, 3.05) is 0 Å². The van der Waals surface area contributed by atoms with E-state index in [4.69, 9.17) is 15.4 Å². The Labute approximate surface area is 383 Å². The van der Waals surface area contributed by atoms with Gasteiger partial charge in [0, 0.05) is 24.8 Å². The molecule has 6 aromatic heterocycles. The number of aldehydes is 2. The molecule has 0 bridgehead atoms. The third-order valence-electron chi connectivity index (χ3n) is 8.87. The van der Waals surface area contributed by atoms with Gasteiger partial charge in [0.1, 0.15) is 33.1 Å². The van der Waals surface area contributed by atoms with E-state index in [0.29, 0.717) is 40.0 Å². The molecule has 63 heavy (non-hydrogen) atoms. The van der Waals surface area contributed by atoms with Crippen LogP contribution in [0.3, 0.4) is 0 Å². The minimum absolute atomic E-state index is 0. The Morgan fingerprint density at radius 3 is 1.48 bits per heavy atom. The minimum Gasteiger partial charge on any atom is -0.411 e. The monoisotopic (exact) mass is 1060 g/mol. The number of pyridine rings is 4. The zero-order valence-corrected chi connectivity index (χ0v) is 40.3. The summed E-state index contributed by atoms with van der Waals surface area (Å²) in [5, 5.41) is 17.6. The molecule has 0 fully saturated rings. The molecule has 0 saturated heterocycles. The van der Waals surface area contributed by atoms with Crippen LogP contribution in [-0.4, -0.2) is 87.5 Å². The first kappa shape index (κ1) is 55.9. The summed E-state index contributed by atoms with van der Waals surface area (Å²) >= 11 is 0.793. The van der Waals surface area contributed by atoms with Crippen LogP contribution in [0.15, 0.2) is 108 Å². The van der Waals surface area contributed by atoms with E-state index in [1.165, 1.54) is 125 Å². The van der Waals surface area contributed by atoms with Crippen LogP contribution in [0.1, 0.15) is 86.0 Å². The number of carbonyl (C=O) groups is 2. The number of halogens is 5.